The molecule has 0 aromatic heterocycles. The van der Waals surface area contributed by atoms with Gasteiger partial charge in [-0.15, -0.1) is 0 Å². The number of carbonyl (C=O) groups is 1. The van der Waals surface area contributed by atoms with Gasteiger partial charge in [-0.05, 0) is 57.5 Å². The van der Waals surface area contributed by atoms with Crippen molar-refractivity contribution in [3.8, 4) is 11.1 Å². The van der Waals surface area contributed by atoms with Crippen LogP contribution in [0.25, 0.3) is 27.5 Å². The minimum Gasteiger partial charge on any atom is -0.436 e. The van der Waals surface area contributed by atoms with E-state index >= 15 is 0 Å². The first kappa shape index (κ1) is 18.7. The Kier molecular flexibility index (Phi) is 5.82. The molecule has 0 heterocycles. The maximum absolute atomic E-state index is 10.7. The highest BCUT2D eigenvalue weighted by Gasteiger charge is 2.06. The van der Waals surface area contributed by atoms with Gasteiger partial charge < -0.3 is 4.74 Å². The van der Waals surface area contributed by atoms with Gasteiger partial charge in [-0.2, -0.15) is 0 Å². The SMILES string of the molecule is O=COC=C(CCc1ccc(-c2ccccc2)cc1)c1ccc2ccccc2c1. The quantitative estimate of drug-likeness (QED) is 0.266. The summed E-state index contributed by atoms with van der Waals surface area (Å²) in [6, 6.07) is 33.6. The van der Waals surface area contributed by atoms with Crippen molar-refractivity contribution in [2.75, 3.05) is 0 Å². The predicted molar refractivity (Wildman–Crippen MR) is 119 cm³/mol. The fourth-order valence-corrected chi connectivity index (χ4v) is 3.54. The average Bonchev–Trinajstić information content (AvgIpc) is 2.80. The first-order valence-corrected chi connectivity index (χ1v) is 9.75. The Morgan fingerprint density at radius 2 is 1.41 bits per heavy atom. The van der Waals surface area contributed by atoms with Crippen molar-refractivity contribution in [1.82, 2.24) is 0 Å². The van der Waals surface area contributed by atoms with Crippen molar-refractivity contribution in [3.05, 3.63) is 114 Å². The lowest BCUT2D eigenvalue weighted by Gasteiger charge is -2.10. The molecule has 142 valence electrons. The number of benzene rings is 4. The van der Waals surface area contributed by atoms with Gasteiger partial charge in [0.1, 0.15) is 0 Å². The Hall–Kier alpha value is -3.65. The van der Waals surface area contributed by atoms with Crippen molar-refractivity contribution >= 4 is 22.8 Å². The van der Waals surface area contributed by atoms with Crippen LogP contribution in [-0.4, -0.2) is 6.47 Å². The summed E-state index contributed by atoms with van der Waals surface area (Å²) in [7, 11) is 0. The number of hydrogen-bond donors (Lipinski definition) is 0. The largest absolute Gasteiger partial charge is 0.436 e. The van der Waals surface area contributed by atoms with E-state index in [4.69, 9.17) is 4.74 Å². The number of allylic oxidation sites excluding steroid dienone is 1. The van der Waals surface area contributed by atoms with Crippen molar-refractivity contribution in [1.29, 1.82) is 0 Å². The topological polar surface area (TPSA) is 26.3 Å². The number of hydrogen-bond acceptors (Lipinski definition) is 2. The highest BCUT2D eigenvalue weighted by molar-refractivity contribution is 5.86. The minimum absolute atomic E-state index is 0.468. The smallest absolute Gasteiger partial charge is 0.297 e. The lowest BCUT2D eigenvalue weighted by molar-refractivity contribution is -0.123. The molecule has 0 atom stereocenters. The zero-order chi connectivity index (χ0) is 19.9. The van der Waals surface area contributed by atoms with E-state index in [9.17, 15) is 4.79 Å². The molecule has 4 aromatic carbocycles. The number of rotatable bonds is 7. The van der Waals surface area contributed by atoms with Crippen molar-refractivity contribution in [2.24, 2.45) is 0 Å². The normalized spacial score (nSPS) is 11.4. The summed E-state index contributed by atoms with van der Waals surface area (Å²) in [5.74, 6) is 0. The van der Waals surface area contributed by atoms with Crippen LogP contribution in [0.3, 0.4) is 0 Å². The molecule has 0 saturated carbocycles. The molecule has 4 rings (SSSR count). The van der Waals surface area contributed by atoms with Gasteiger partial charge in [0.15, 0.2) is 0 Å². The van der Waals surface area contributed by atoms with Crippen molar-refractivity contribution in [3.63, 3.8) is 0 Å². The Morgan fingerprint density at radius 1 is 0.724 bits per heavy atom. The molecule has 0 unspecified atom stereocenters. The summed E-state index contributed by atoms with van der Waals surface area (Å²) in [5, 5.41) is 2.37. The second-order valence-electron chi connectivity index (χ2n) is 7.00. The average molecular weight is 378 g/mol. The van der Waals surface area contributed by atoms with E-state index < -0.39 is 0 Å². The Bertz CT molecular complexity index is 1130. The Morgan fingerprint density at radius 3 is 2.17 bits per heavy atom. The fourth-order valence-electron chi connectivity index (χ4n) is 3.54. The summed E-state index contributed by atoms with van der Waals surface area (Å²) in [4.78, 5) is 10.7. The molecule has 0 radical (unpaired) electrons. The summed E-state index contributed by atoms with van der Waals surface area (Å²) >= 11 is 0. The summed E-state index contributed by atoms with van der Waals surface area (Å²) in [5.41, 5.74) is 5.77. The number of fused-ring (bicyclic) bond motifs is 1. The molecule has 2 heteroatoms. The van der Waals surface area contributed by atoms with E-state index in [2.05, 4.69) is 78.9 Å². The van der Waals surface area contributed by atoms with Crippen LogP contribution < -0.4 is 0 Å². The molecular weight excluding hydrogens is 356 g/mol. The molecule has 0 spiro atoms. The van der Waals surface area contributed by atoms with Gasteiger partial charge in [-0.25, -0.2) is 0 Å². The van der Waals surface area contributed by atoms with Crippen molar-refractivity contribution in [2.45, 2.75) is 12.8 Å². The molecule has 0 aliphatic carbocycles. The van der Waals surface area contributed by atoms with Crippen LogP contribution in [0.1, 0.15) is 17.5 Å². The van der Waals surface area contributed by atoms with Crippen LogP contribution in [0.15, 0.2) is 103 Å². The van der Waals surface area contributed by atoms with Gasteiger partial charge in [0.05, 0.1) is 6.26 Å². The van der Waals surface area contributed by atoms with E-state index in [0.29, 0.717) is 6.47 Å². The number of carbonyl (C=O) groups excluding carboxylic acids is 1. The van der Waals surface area contributed by atoms with E-state index in [1.54, 1.807) is 6.26 Å². The van der Waals surface area contributed by atoms with Crippen LogP contribution in [0.2, 0.25) is 0 Å². The zero-order valence-electron chi connectivity index (χ0n) is 16.1. The first-order valence-electron chi connectivity index (χ1n) is 9.75. The molecule has 29 heavy (non-hydrogen) atoms. The molecule has 0 aliphatic rings. The van der Waals surface area contributed by atoms with E-state index in [1.165, 1.54) is 27.5 Å². The zero-order valence-corrected chi connectivity index (χ0v) is 16.1. The first-order chi connectivity index (χ1) is 14.3. The van der Waals surface area contributed by atoms with E-state index in [-0.39, 0.29) is 0 Å². The van der Waals surface area contributed by atoms with Crippen LogP contribution in [0.5, 0.6) is 0 Å². The monoisotopic (exact) mass is 378 g/mol. The highest BCUT2D eigenvalue weighted by atomic mass is 16.5. The standard InChI is InChI=1S/C27H22O2/c28-20-29-19-27(26-17-16-23-8-4-5-9-25(23)18-26)15-12-21-10-13-24(14-11-21)22-6-2-1-3-7-22/h1-11,13-14,16-20H,12,15H2. The van der Waals surface area contributed by atoms with E-state index in [1.807, 2.05) is 18.2 Å². The second-order valence-corrected chi connectivity index (χ2v) is 7.00. The molecule has 0 aliphatic heterocycles. The molecule has 0 saturated heterocycles. The maximum Gasteiger partial charge on any atom is 0.297 e. The van der Waals surface area contributed by atoms with E-state index in [0.717, 1.165) is 24.0 Å². The van der Waals surface area contributed by atoms with Crippen LogP contribution in [0, 0.1) is 0 Å². The lowest BCUT2D eigenvalue weighted by atomic mass is 9.96. The Labute approximate surface area is 171 Å². The molecule has 4 aromatic rings. The van der Waals surface area contributed by atoms with Gasteiger partial charge in [-0.1, -0.05) is 91.0 Å². The minimum atomic E-state index is 0.468. The van der Waals surface area contributed by atoms with Crippen molar-refractivity contribution < 1.29 is 9.53 Å². The van der Waals surface area contributed by atoms with Crippen LogP contribution >= 0.6 is 0 Å². The number of ether oxygens (including phenoxy) is 1. The number of aryl methyl sites for hydroxylation is 1. The van der Waals surface area contributed by atoms with Gasteiger partial charge in [0, 0.05) is 0 Å². The van der Waals surface area contributed by atoms with Crippen LogP contribution in [0.4, 0.5) is 0 Å². The van der Waals surface area contributed by atoms with Gasteiger partial charge in [-0.3, -0.25) is 4.79 Å². The maximum atomic E-state index is 10.7. The molecule has 0 fully saturated rings. The third-order valence-electron chi connectivity index (χ3n) is 5.13. The molecule has 2 nitrogen and oxygen atoms in total. The predicted octanol–water partition coefficient (Wildman–Crippen LogP) is 6.65. The van der Waals surface area contributed by atoms with Gasteiger partial charge >= 0.3 is 0 Å². The third kappa shape index (κ3) is 4.61. The fraction of sp³-hybridized carbons (Fsp3) is 0.0741. The summed E-state index contributed by atoms with van der Waals surface area (Å²) < 4.78 is 4.98. The second kappa shape index (κ2) is 9.03. The highest BCUT2D eigenvalue weighted by Crippen LogP contribution is 2.26. The summed E-state index contributed by atoms with van der Waals surface area (Å²) in [6.07, 6.45) is 3.22. The molecule has 0 bridgehead atoms. The third-order valence-corrected chi connectivity index (χ3v) is 5.13. The summed E-state index contributed by atoms with van der Waals surface area (Å²) in [6.45, 7) is 0.468. The molecular formula is C27H22O2. The molecule has 0 N–H and O–H groups in total. The van der Waals surface area contributed by atoms with Gasteiger partial charge in [0.25, 0.3) is 6.47 Å². The van der Waals surface area contributed by atoms with Gasteiger partial charge in [0.2, 0.25) is 0 Å². The molecule has 0 amide bonds. The Balaban J connectivity index is 1.52. The van der Waals surface area contributed by atoms with Crippen LogP contribution in [-0.2, 0) is 16.0 Å². The lowest BCUT2D eigenvalue weighted by Crippen LogP contribution is -1.92.